The van der Waals surface area contributed by atoms with Gasteiger partial charge in [-0.3, -0.25) is 4.79 Å². The van der Waals surface area contributed by atoms with E-state index in [0.29, 0.717) is 6.42 Å². The van der Waals surface area contributed by atoms with Gasteiger partial charge in [0.15, 0.2) is 0 Å². The molecule has 4 nitrogen and oxygen atoms in total. The number of amides is 1. The molecule has 0 aromatic heterocycles. The van der Waals surface area contributed by atoms with E-state index in [1.54, 1.807) is 0 Å². The molecule has 1 aliphatic rings. The Morgan fingerprint density at radius 3 is 2.45 bits per heavy atom. The summed E-state index contributed by atoms with van der Waals surface area (Å²) in [6.45, 7) is 3.57. The lowest BCUT2D eigenvalue weighted by Gasteiger charge is -2.35. The van der Waals surface area contributed by atoms with Crippen LogP contribution in [0.3, 0.4) is 0 Å². The van der Waals surface area contributed by atoms with Crippen LogP contribution < -0.4 is 15.5 Å². The number of carbonyl (C=O) groups is 1. The summed E-state index contributed by atoms with van der Waals surface area (Å²) in [5.74, 6) is 0.174. The topological polar surface area (TPSA) is 49.6 Å². The van der Waals surface area contributed by atoms with Crippen molar-refractivity contribution in [2.45, 2.75) is 25.8 Å². The Hall–Kier alpha value is -0.970. The van der Waals surface area contributed by atoms with Gasteiger partial charge in [0.05, 0.1) is 11.4 Å². The molecular weight excluding hydrogens is 297 g/mol. The van der Waals surface area contributed by atoms with E-state index in [1.165, 1.54) is 0 Å². The van der Waals surface area contributed by atoms with Gasteiger partial charge in [-0.1, -0.05) is 12.1 Å². The Labute approximate surface area is 133 Å². The Bertz CT molecular complexity index is 440. The second-order valence-corrected chi connectivity index (χ2v) is 4.97. The number of nitrogens with zero attached hydrogens (tertiary/aromatic N) is 2. The number of likely N-dealkylation sites (N-methyl/N-ethyl adjacent to an activating group) is 1. The van der Waals surface area contributed by atoms with Crippen molar-refractivity contribution in [2.75, 3.05) is 29.9 Å². The van der Waals surface area contributed by atoms with Gasteiger partial charge in [-0.15, -0.1) is 24.8 Å². The number of nitrogens with two attached hydrogens (primary N) is 1. The highest BCUT2D eigenvalue weighted by Gasteiger charge is 2.24. The molecule has 2 rings (SSSR count). The van der Waals surface area contributed by atoms with Crippen LogP contribution in [0.1, 0.15) is 19.8 Å². The standard InChI is InChI=1S/C14H21N3O.2ClH/c1-11(15)7-8-14(18)17-10-9-16(2)12-5-3-4-6-13(12)17;;/h3-6,11H,7-10,15H2,1-2H3;2*1H. The van der Waals surface area contributed by atoms with E-state index in [4.69, 9.17) is 5.73 Å². The Balaban J connectivity index is 0.00000180. The van der Waals surface area contributed by atoms with Gasteiger partial charge in [0.1, 0.15) is 0 Å². The quantitative estimate of drug-likeness (QED) is 0.931. The first kappa shape index (κ1) is 19.0. The molecule has 1 amide bonds. The zero-order valence-electron chi connectivity index (χ0n) is 11.9. The summed E-state index contributed by atoms with van der Waals surface area (Å²) in [6.07, 6.45) is 1.27. The van der Waals surface area contributed by atoms with Crippen molar-refractivity contribution < 1.29 is 4.79 Å². The highest BCUT2D eigenvalue weighted by atomic mass is 35.5. The van der Waals surface area contributed by atoms with E-state index in [2.05, 4.69) is 18.0 Å². The average Bonchev–Trinajstić information content (AvgIpc) is 2.37. The van der Waals surface area contributed by atoms with Crippen LogP contribution in [0.25, 0.3) is 0 Å². The molecule has 0 saturated heterocycles. The second kappa shape index (κ2) is 8.35. The monoisotopic (exact) mass is 319 g/mol. The van der Waals surface area contributed by atoms with Crippen LogP contribution in [-0.2, 0) is 4.79 Å². The molecule has 6 heteroatoms. The molecule has 0 aliphatic carbocycles. The predicted molar refractivity (Wildman–Crippen MR) is 89.4 cm³/mol. The average molecular weight is 320 g/mol. The van der Waals surface area contributed by atoms with Crippen LogP contribution >= 0.6 is 24.8 Å². The van der Waals surface area contributed by atoms with Gasteiger partial charge >= 0.3 is 0 Å². The SMILES string of the molecule is CC(N)CCC(=O)N1CCN(C)c2ccccc21.Cl.Cl. The Morgan fingerprint density at radius 2 is 1.85 bits per heavy atom. The van der Waals surface area contributed by atoms with Crippen LogP contribution in [0, 0.1) is 0 Å². The third kappa shape index (κ3) is 4.27. The fraction of sp³-hybridized carbons (Fsp3) is 0.500. The van der Waals surface area contributed by atoms with E-state index < -0.39 is 0 Å². The van der Waals surface area contributed by atoms with Gasteiger partial charge in [0, 0.05) is 32.6 Å². The first-order chi connectivity index (χ1) is 8.59. The number of benzene rings is 1. The molecule has 1 heterocycles. The van der Waals surface area contributed by atoms with Gasteiger partial charge in [0.2, 0.25) is 5.91 Å². The summed E-state index contributed by atoms with van der Waals surface area (Å²) < 4.78 is 0. The zero-order chi connectivity index (χ0) is 13.1. The van der Waals surface area contributed by atoms with Crippen LogP contribution in [0.15, 0.2) is 24.3 Å². The largest absolute Gasteiger partial charge is 0.371 e. The molecule has 0 spiro atoms. The van der Waals surface area contributed by atoms with E-state index in [1.807, 2.05) is 30.0 Å². The van der Waals surface area contributed by atoms with Gasteiger partial charge in [-0.05, 0) is 25.5 Å². The van der Waals surface area contributed by atoms with Crippen molar-refractivity contribution in [3.8, 4) is 0 Å². The maximum Gasteiger partial charge on any atom is 0.227 e. The fourth-order valence-corrected chi connectivity index (χ4v) is 2.25. The minimum absolute atomic E-state index is 0. The number of para-hydroxylation sites is 2. The molecule has 1 aromatic carbocycles. The fourth-order valence-electron chi connectivity index (χ4n) is 2.25. The van der Waals surface area contributed by atoms with Crippen LogP contribution in [-0.4, -0.2) is 32.1 Å². The summed E-state index contributed by atoms with van der Waals surface area (Å²) in [5, 5.41) is 0. The smallest absolute Gasteiger partial charge is 0.227 e. The summed E-state index contributed by atoms with van der Waals surface area (Å²) in [6, 6.07) is 8.13. The number of fused-ring (bicyclic) bond motifs is 1. The molecule has 20 heavy (non-hydrogen) atoms. The molecule has 1 aromatic rings. The van der Waals surface area contributed by atoms with Crippen molar-refractivity contribution in [2.24, 2.45) is 5.73 Å². The van der Waals surface area contributed by atoms with Gasteiger partial charge in [0.25, 0.3) is 0 Å². The maximum absolute atomic E-state index is 12.2. The lowest BCUT2D eigenvalue weighted by molar-refractivity contribution is -0.118. The van der Waals surface area contributed by atoms with E-state index in [0.717, 1.165) is 30.9 Å². The van der Waals surface area contributed by atoms with Crippen molar-refractivity contribution >= 4 is 42.1 Å². The van der Waals surface area contributed by atoms with Crippen LogP contribution in [0.2, 0.25) is 0 Å². The van der Waals surface area contributed by atoms with Crippen LogP contribution in [0.4, 0.5) is 11.4 Å². The van der Waals surface area contributed by atoms with Crippen LogP contribution in [0.5, 0.6) is 0 Å². The summed E-state index contributed by atoms with van der Waals surface area (Å²) in [4.78, 5) is 16.3. The maximum atomic E-state index is 12.2. The third-order valence-corrected chi connectivity index (χ3v) is 3.36. The molecular formula is C14H23Cl2N3O. The second-order valence-electron chi connectivity index (χ2n) is 4.97. The highest BCUT2D eigenvalue weighted by molar-refractivity contribution is 5.97. The Kier molecular flexibility index (Phi) is 7.94. The number of halogens is 2. The van der Waals surface area contributed by atoms with Gasteiger partial charge < -0.3 is 15.5 Å². The molecule has 2 N–H and O–H groups in total. The molecule has 114 valence electrons. The minimum Gasteiger partial charge on any atom is -0.371 e. The minimum atomic E-state index is 0. The summed E-state index contributed by atoms with van der Waals surface area (Å²) in [7, 11) is 2.06. The zero-order valence-corrected chi connectivity index (χ0v) is 13.5. The van der Waals surface area contributed by atoms with Crippen molar-refractivity contribution in [3.05, 3.63) is 24.3 Å². The molecule has 0 fully saturated rings. The van der Waals surface area contributed by atoms with Crippen molar-refractivity contribution in [1.82, 2.24) is 0 Å². The van der Waals surface area contributed by atoms with Crippen molar-refractivity contribution in [1.29, 1.82) is 0 Å². The number of hydrogen-bond donors (Lipinski definition) is 1. The first-order valence-electron chi connectivity index (χ1n) is 6.45. The molecule has 0 saturated carbocycles. The lowest BCUT2D eigenvalue weighted by Crippen LogP contribution is -2.42. The third-order valence-electron chi connectivity index (χ3n) is 3.36. The normalized spacial score (nSPS) is 14.8. The van der Waals surface area contributed by atoms with Crippen molar-refractivity contribution in [3.63, 3.8) is 0 Å². The molecule has 1 atom stereocenters. The molecule has 0 bridgehead atoms. The molecule has 1 aliphatic heterocycles. The molecule has 1 unspecified atom stereocenters. The highest BCUT2D eigenvalue weighted by Crippen LogP contribution is 2.32. The lowest BCUT2D eigenvalue weighted by atomic mass is 10.1. The van der Waals surface area contributed by atoms with E-state index in [-0.39, 0.29) is 36.8 Å². The predicted octanol–water partition coefficient (Wildman–Crippen LogP) is 2.44. The van der Waals surface area contributed by atoms with Gasteiger partial charge in [-0.2, -0.15) is 0 Å². The summed E-state index contributed by atoms with van der Waals surface area (Å²) in [5.41, 5.74) is 7.85. The van der Waals surface area contributed by atoms with Gasteiger partial charge in [-0.25, -0.2) is 0 Å². The Morgan fingerprint density at radius 1 is 1.25 bits per heavy atom. The first-order valence-corrected chi connectivity index (χ1v) is 6.45. The number of hydrogen-bond acceptors (Lipinski definition) is 3. The summed E-state index contributed by atoms with van der Waals surface area (Å²) >= 11 is 0. The number of carbonyl (C=O) groups excluding carboxylic acids is 1. The molecule has 0 radical (unpaired) electrons. The number of rotatable bonds is 3. The van der Waals surface area contributed by atoms with E-state index in [9.17, 15) is 4.79 Å². The number of anilines is 2. The van der Waals surface area contributed by atoms with E-state index >= 15 is 0 Å².